The fraction of sp³-hybridized carbons (Fsp3) is 0.538. The first-order valence-electron chi connectivity index (χ1n) is 6.49. The van der Waals surface area contributed by atoms with E-state index in [9.17, 15) is 4.79 Å². The van der Waals surface area contributed by atoms with Gasteiger partial charge in [-0.2, -0.15) is 9.61 Å². The number of hydrogen-bond acceptors (Lipinski definition) is 3. The van der Waals surface area contributed by atoms with E-state index in [-0.39, 0.29) is 5.56 Å². The largest absolute Gasteiger partial charge is 0.333 e. The fourth-order valence-corrected chi connectivity index (χ4v) is 2.34. The molecule has 0 aliphatic heterocycles. The molecule has 96 valence electrons. The van der Waals surface area contributed by atoms with Gasteiger partial charge in [-0.1, -0.05) is 0 Å². The molecule has 5 nitrogen and oxygen atoms in total. The maximum absolute atomic E-state index is 12.0. The summed E-state index contributed by atoms with van der Waals surface area (Å²) in [5, 5.41) is 4.42. The molecular weight excluding hydrogens is 228 g/mol. The van der Waals surface area contributed by atoms with E-state index in [1.54, 1.807) is 6.07 Å². The third-order valence-corrected chi connectivity index (χ3v) is 3.62. The number of aromatic nitrogens is 3. The van der Waals surface area contributed by atoms with Crippen molar-refractivity contribution in [2.24, 2.45) is 12.8 Å². The van der Waals surface area contributed by atoms with Gasteiger partial charge in [0.1, 0.15) is 5.65 Å². The second-order valence-electron chi connectivity index (χ2n) is 5.04. The van der Waals surface area contributed by atoms with Gasteiger partial charge < -0.3 is 10.3 Å². The summed E-state index contributed by atoms with van der Waals surface area (Å²) in [5.74, 6) is 0.566. The fourth-order valence-electron chi connectivity index (χ4n) is 2.34. The van der Waals surface area contributed by atoms with Crippen LogP contribution in [0.15, 0.2) is 16.9 Å². The highest BCUT2D eigenvalue weighted by atomic mass is 16.1. The molecule has 0 saturated heterocycles. The standard InChI is InChI=1S/C13H18N4O/c1-16-10(3-2-6-14)7-13(18)17-12(16)8-11(15-17)9-4-5-9/h7-9H,2-6,14H2,1H3. The van der Waals surface area contributed by atoms with Crippen LogP contribution in [0.5, 0.6) is 0 Å². The number of rotatable bonds is 4. The van der Waals surface area contributed by atoms with Crippen molar-refractivity contribution in [1.82, 2.24) is 14.2 Å². The van der Waals surface area contributed by atoms with Gasteiger partial charge in [0.15, 0.2) is 0 Å². The Morgan fingerprint density at radius 3 is 2.89 bits per heavy atom. The van der Waals surface area contributed by atoms with Crippen LogP contribution in [-0.4, -0.2) is 20.7 Å². The molecule has 5 heteroatoms. The summed E-state index contributed by atoms with van der Waals surface area (Å²) in [6.45, 7) is 0.645. The number of nitrogens with two attached hydrogens (primary N) is 1. The summed E-state index contributed by atoms with van der Waals surface area (Å²) in [4.78, 5) is 12.0. The molecule has 1 fully saturated rings. The Hall–Kier alpha value is -1.62. The molecule has 0 amide bonds. The van der Waals surface area contributed by atoms with Gasteiger partial charge in [-0.25, -0.2) is 0 Å². The molecule has 0 unspecified atom stereocenters. The van der Waals surface area contributed by atoms with Gasteiger partial charge in [-0.3, -0.25) is 4.79 Å². The van der Waals surface area contributed by atoms with Gasteiger partial charge >= 0.3 is 0 Å². The quantitative estimate of drug-likeness (QED) is 0.868. The van der Waals surface area contributed by atoms with Crippen molar-refractivity contribution in [3.05, 3.63) is 33.9 Å². The first-order chi connectivity index (χ1) is 8.70. The van der Waals surface area contributed by atoms with Crippen molar-refractivity contribution >= 4 is 5.65 Å². The molecule has 2 aromatic rings. The second kappa shape index (κ2) is 4.24. The van der Waals surface area contributed by atoms with E-state index in [2.05, 4.69) is 9.67 Å². The molecule has 0 aromatic carbocycles. The molecule has 2 N–H and O–H groups in total. The monoisotopic (exact) mass is 246 g/mol. The van der Waals surface area contributed by atoms with Crippen molar-refractivity contribution < 1.29 is 0 Å². The van der Waals surface area contributed by atoms with Crippen LogP contribution in [0.25, 0.3) is 5.65 Å². The van der Waals surface area contributed by atoms with E-state index in [1.165, 1.54) is 17.4 Å². The Kier molecular flexibility index (Phi) is 2.70. The van der Waals surface area contributed by atoms with Crippen molar-refractivity contribution in [3.63, 3.8) is 0 Å². The Bertz CT molecular complexity index is 636. The first-order valence-corrected chi connectivity index (χ1v) is 6.49. The topological polar surface area (TPSA) is 65.3 Å². The van der Waals surface area contributed by atoms with Crippen LogP contribution >= 0.6 is 0 Å². The normalized spacial score (nSPS) is 15.4. The zero-order valence-corrected chi connectivity index (χ0v) is 10.6. The summed E-state index contributed by atoms with van der Waals surface area (Å²) < 4.78 is 3.57. The van der Waals surface area contributed by atoms with Gasteiger partial charge in [0.25, 0.3) is 5.56 Å². The molecule has 0 bridgehead atoms. The van der Waals surface area contributed by atoms with E-state index in [0.717, 1.165) is 29.9 Å². The molecule has 18 heavy (non-hydrogen) atoms. The molecular formula is C13H18N4O. The number of aryl methyl sites for hydroxylation is 2. The predicted octanol–water partition coefficient (Wildman–Crippen LogP) is 0.802. The SMILES string of the molecule is Cn1c(CCCN)cc(=O)n2nc(C3CC3)cc12. The minimum atomic E-state index is -0.0398. The smallest absolute Gasteiger partial charge is 0.274 e. The third-order valence-electron chi connectivity index (χ3n) is 3.62. The highest BCUT2D eigenvalue weighted by Crippen LogP contribution is 2.39. The van der Waals surface area contributed by atoms with Crippen LogP contribution < -0.4 is 11.3 Å². The van der Waals surface area contributed by atoms with E-state index in [1.807, 2.05) is 13.1 Å². The molecule has 1 aliphatic rings. The van der Waals surface area contributed by atoms with Crippen LogP contribution in [0.2, 0.25) is 0 Å². The van der Waals surface area contributed by atoms with Gasteiger partial charge in [0.2, 0.25) is 0 Å². The lowest BCUT2D eigenvalue weighted by Crippen LogP contribution is -2.20. The molecule has 2 heterocycles. The molecule has 1 saturated carbocycles. The molecule has 3 rings (SSSR count). The Balaban J connectivity index is 2.11. The summed E-state index contributed by atoms with van der Waals surface area (Å²) in [6, 6.07) is 3.72. The maximum atomic E-state index is 12.0. The van der Waals surface area contributed by atoms with Crippen molar-refractivity contribution in [3.8, 4) is 0 Å². The van der Waals surface area contributed by atoms with Crippen molar-refractivity contribution in [2.45, 2.75) is 31.6 Å². The maximum Gasteiger partial charge on any atom is 0.274 e. The van der Waals surface area contributed by atoms with Crippen LogP contribution in [0.3, 0.4) is 0 Å². The summed E-state index contributed by atoms with van der Waals surface area (Å²) >= 11 is 0. The lowest BCUT2D eigenvalue weighted by atomic mass is 10.2. The lowest BCUT2D eigenvalue weighted by molar-refractivity contribution is 0.722. The van der Waals surface area contributed by atoms with E-state index in [4.69, 9.17) is 5.73 Å². The minimum Gasteiger partial charge on any atom is -0.333 e. The average Bonchev–Trinajstić information content (AvgIpc) is 3.11. The highest BCUT2D eigenvalue weighted by molar-refractivity contribution is 5.43. The highest BCUT2D eigenvalue weighted by Gasteiger charge is 2.27. The van der Waals surface area contributed by atoms with E-state index < -0.39 is 0 Å². The van der Waals surface area contributed by atoms with E-state index >= 15 is 0 Å². The van der Waals surface area contributed by atoms with Crippen molar-refractivity contribution in [2.75, 3.05) is 6.54 Å². The summed E-state index contributed by atoms with van der Waals surface area (Å²) in [5.41, 5.74) is 8.45. The van der Waals surface area contributed by atoms with Crippen LogP contribution in [0, 0.1) is 0 Å². The first kappa shape index (κ1) is 11.5. The van der Waals surface area contributed by atoms with Gasteiger partial charge in [-0.05, 0) is 32.2 Å². The predicted molar refractivity (Wildman–Crippen MR) is 69.8 cm³/mol. The van der Waals surface area contributed by atoms with Crippen LogP contribution in [-0.2, 0) is 13.5 Å². The van der Waals surface area contributed by atoms with Crippen LogP contribution in [0.1, 0.15) is 36.6 Å². The van der Waals surface area contributed by atoms with Gasteiger partial charge in [0.05, 0.1) is 5.69 Å². The van der Waals surface area contributed by atoms with Crippen molar-refractivity contribution in [1.29, 1.82) is 0 Å². The van der Waals surface area contributed by atoms with Gasteiger partial charge in [0, 0.05) is 30.8 Å². The van der Waals surface area contributed by atoms with Crippen LogP contribution in [0.4, 0.5) is 0 Å². The molecule has 1 aliphatic carbocycles. The third kappa shape index (κ3) is 1.84. The molecule has 2 aromatic heterocycles. The molecule has 0 spiro atoms. The Morgan fingerprint density at radius 1 is 1.44 bits per heavy atom. The zero-order chi connectivity index (χ0) is 12.7. The number of fused-ring (bicyclic) bond motifs is 1. The summed E-state index contributed by atoms with van der Waals surface area (Å²) in [6.07, 6.45) is 4.12. The second-order valence-corrected chi connectivity index (χ2v) is 5.04. The van der Waals surface area contributed by atoms with Gasteiger partial charge in [-0.15, -0.1) is 0 Å². The average molecular weight is 246 g/mol. The molecule has 0 radical (unpaired) electrons. The lowest BCUT2D eigenvalue weighted by Gasteiger charge is -2.09. The number of hydrogen-bond donors (Lipinski definition) is 1. The molecule has 0 atom stereocenters. The summed E-state index contributed by atoms with van der Waals surface area (Å²) in [7, 11) is 1.99. The Morgan fingerprint density at radius 2 is 2.22 bits per heavy atom. The minimum absolute atomic E-state index is 0.0398. The number of nitrogens with zero attached hydrogens (tertiary/aromatic N) is 3. The van der Waals surface area contributed by atoms with E-state index in [0.29, 0.717) is 12.5 Å². The zero-order valence-electron chi connectivity index (χ0n) is 10.6. The Labute approximate surface area is 105 Å².